The van der Waals surface area contributed by atoms with Crippen LogP contribution >= 0.6 is 23.2 Å². The Morgan fingerprint density at radius 1 is 0.886 bits per heavy atom. The molecule has 4 amide bonds. The van der Waals surface area contributed by atoms with Gasteiger partial charge in [0.2, 0.25) is 5.91 Å². The minimum atomic E-state index is -1.56. The molecule has 0 saturated carbocycles. The van der Waals surface area contributed by atoms with Crippen LogP contribution in [-0.2, 0) is 15.1 Å². The number of methoxy groups -OCH3 is 2. The summed E-state index contributed by atoms with van der Waals surface area (Å²) < 4.78 is 10.4. The standard InChI is InChI=1S/C25H21Cl2N3O5/c1-34-17-10-6-15(7-11-17)25(16-8-12-18(35-2)13-9-16)23(32)30(24(33)29-25)14-21(31)28-22-19(26)4-3-5-20(22)27/h3-13H,14H2,1-2H3,(H,28,31)(H,29,33). The van der Waals surface area contributed by atoms with Crippen LogP contribution in [0.15, 0.2) is 66.7 Å². The van der Waals surface area contributed by atoms with Crippen molar-refractivity contribution in [2.24, 2.45) is 0 Å². The molecule has 1 aliphatic rings. The molecular formula is C25H21Cl2N3O5. The highest BCUT2D eigenvalue weighted by molar-refractivity contribution is 6.39. The highest BCUT2D eigenvalue weighted by Gasteiger charge is 2.54. The van der Waals surface area contributed by atoms with E-state index in [1.54, 1.807) is 66.7 Å². The monoisotopic (exact) mass is 513 g/mol. The average molecular weight is 514 g/mol. The number of benzene rings is 3. The molecule has 0 aromatic heterocycles. The molecule has 2 N–H and O–H groups in total. The molecule has 8 nitrogen and oxygen atoms in total. The zero-order chi connectivity index (χ0) is 25.2. The number of nitrogens with one attached hydrogen (secondary N) is 2. The van der Waals surface area contributed by atoms with Gasteiger partial charge in [-0.05, 0) is 47.5 Å². The van der Waals surface area contributed by atoms with Crippen LogP contribution in [0.25, 0.3) is 0 Å². The number of ether oxygens (including phenoxy) is 2. The first-order valence-corrected chi connectivity index (χ1v) is 11.2. The van der Waals surface area contributed by atoms with Crippen molar-refractivity contribution in [2.75, 3.05) is 26.1 Å². The van der Waals surface area contributed by atoms with Crippen LogP contribution in [-0.4, -0.2) is 43.5 Å². The molecule has 1 saturated heterocycles. The molecule has 0 aliphatic carbocycles. The van der Waals surface area contributed by atoms with E-state index in [0.717, 1.165) is 4.90 Å². The van der Waals surface area contributed by atoms with E-state index in [-0.39, 0.29) is 15.7 Å². The summed E-state index contributed by atoms with van der Waals surface area (Å²) >= 11 is 12.2. The van der Waals surface area contributed by atoms with E-state index >= 15 is 0 Å². The zero-order valence-corrected chi connectivity index (χ0v) is 20.3. The maximum atomic E-state index is 13.8. The fraction of sp³-hybridized carbons (Fsp3) is 0.160. The van der Waals surface area contributed by atoms with E-state index in [9.17, 15) is 14.4 Å². The van der Waals surface area contributed by atoms with Crippen molar-refractivity contribution in [3.63, 3.8) is 0 Å². The van der Waals surface area contributed by atoms with Gasteiger partial charge in [0, 0.05) is 0 Å². The predicted molar refractivity (Wildman–Crippen MR) is 132 cm³/mol. The van der Waals surface area contributed by atoms with Gasteiger partial charge in [-0.1, -0.05) is 53.5 Å². The Balaban J connectivity index is 1.69. The second kappa shape index (κ2) is 9.85. The number of halogens is 2. The minimum absolute atomic E-state index is 0.199. The summed E-state index contributed by atoms with van der Waals surface area (Å²) in [6, 6.07) is 17.6. The quantitative estimate of drug-likeness (QED) is 0.455. The smallest absolute Gasteiger partial charge is 0.326 e. The third kappa shape index (κ3) is 4.50. The van der Waals surface area contributed by atoms with E-state index in [0.29, 0.717) is 22.6 Å². The van der Waals surface area contributed by atoms with Gasteiger partial charge in [0.25, 0.3) is 5.91 Å². The molecule has 0 spiro atoms. The first-order valence-electron chi connectivity index (χ1n) is 10.5. The molecule has 0 bridgehead atoms. The molecule has 3 aromatic rings. The molecule has 10 heteroatoms. The van der Waals surface area contributed by atoms with E-state index in [1.807, 2.05) is 0 Å². The summed E-state index contributed by atoms with van der Waals surface area (Å²) in [4.78, 5) is 40.5. The molecule has 180 valence electrons. The van der Waals surface area contributed by atoms with Gasteiger partial charge in [0.15, 0.2) is 5.54 Å². The Morgan fingerprint density at radius 3 is 1.83 bits per heavy atom. The van der Waals surface area contributed by atoms with Gasteiger partial charge in [-0.25, -0.2) is 4.79 Å². The van der Waals surface area contributed by atoms with Crippen LogP contribution in [0.5, 0.6) is 11.5 Å². The topological polar surface area (TPSA) is 97.0 Å². The van der Waals surface area contributed by atoms with Crippen molar-refractivity contribution in [1.82, 2.24) is 10.2 Å². The lowest BCUT2D eigenvalue weighted by molar-refractivity contribution is -0.133. The van der Waals surface area contributed by atoms with Crippen LogP contribution in [0.1, 0.15) is 11.1 Å². The number of para-hydroxylation sites is 1. The number of rotatable bonds is 7. The number of carbonyl (C=O) groups excluding carboxylic acids is 3. The molecule has 1 fully saturated rings. The maximum Gasteiger partial charge on any atom is 0.326 e. The number of hydrogen-bond donors (Lipinski definition) is 2. The highest BCUT2D eigenvalue weighted by Crippen LogP contribution is 2.37. The lowest BCUT2D eigenvalue weighted by Crippen LogP contribution is -2.45. The minimum Gasteiger partial charge on any atom is -0.497 e. The molecule has 4 rings (SSSR count). The summed E-state index contributed by atoms with van der Waals surface area (Å²) in [6.45, 7) is -0.541. The van der Waals surface area contributed by atoms with Gasteiger partial charge in [0.05, 0.1) is 30.0 Å². The van der Waals surface area contributed by atoms with Crippen molar-refractivity contribution in [1.29, 1.82) is 0 Å². The molecule has 1 aliphatic heterocycles. The summed E-state index contributed by atoms with van der Waals surface area (Å²) in [5.74, 6) is -0.0755. The molecule has 1 heterocycles. The fourth-order valence-electron chi connectivity index (χ4n) is 3.90. The zero-order valence-electron chi connectivity index (χ0n) is 18.8. The van der Waals surface area contributed by atoms with E-state index in [4.69, 9.17) is 32.7 Å². The number of urea groups is 1. The SMILES string of the molecule is COc1ccc(C2(c3ccc(OC)cc3)NC(=O)N(CC(=O)Nc3c(Cl)cccc3Cl)C2=O)cc1. The summed E-state index contributed by atoms with van der Waals surface area (Å²) in [7, 11) is 3.06. The van der Waals surface area contributed by atoms with Gasteiger partial charge >= 0.3 is 6.03 Å². The molecule has 35 heavy (non-hydrogen) atoms. The number of carbonyl (C=O) groups is 3. The first kappa shape index (κ1) is 24.4. The van der Waals surface area contributed by atoms with Crippen molar-refractivity contribution < 1.29 is 23.9 Å². The fourth-order valence-corrected chi connectivity index (χ4v) is 4.39. The van der Waals surface area contributed by atoms with Crippen LogP contribution in [0, 0.1) is 0 Å². The van der Waals surface area contributed by atoms with E-state index < -0.39 is 29.9 Å². The molecule has 0 radical (unpaired) electrons. The Kier molecular flexibility index (Phi) is 6.86. The second-order valence-corrected chi connectivity index (χ2v) is 8.49. The molecule has 3 aromatic carbocycles. The molecule has 0 unspecified atom stereocenters. The third-order valence-electron chi connectivity index (χ3n) is 5.68. The van der Waals surface area contributed by atoms with Crippen LogP contribution < -0.4 is 20.1 Å². The van der Waals surface area contributed by atoms with Gasteiger partial charge in [0.1, 0.15) is 18.0 Å². The van der Waals surface area contributed by atoms with Crippen molar-refractivity contribution in [2.45, 2.75) is 5.54 Å². The average Bonchev–Trinajstić information content (AvgIpc) is 3.12. The van der Waals surface area contributed by atoms with E-state index in [2.05, 4.69) is 10.6 Å². The molecular weight excluding hydrogens is 493 g/mol. The van der Waals surface area contributed by atoms with Crippen LogP contribution in [0.3, 0.4) is 0 Å². The summed E-state index contributed by atoms with van der Waals surface area (Å²) in [5.41, 5.74) is -0.361. The third-order valence-corrected chi connectivity index (χ3v) is 6.31. The largest absolute Gasteiger partial charge is 0.497 e. The predicted octanol–water partition coefficient (Wildman–Crippen LogP) is 4.44. The Hall–Kier alpha value is -3.75. The summed E-state index contributed by atoms with van der Waals surface area (Å²) in [6.07, 6.45) is 0. The maximum absolute atomic E-state index is 13.8. The van der Waals surface area contributed by atoms with Gasteiger partial charge in [-0.15, -0.1) is 0 Å². The summed E-state index contributed by atoms with van der Waals surface area (Å²) in [5, 5.41) is 5.83. The Bertz CT molecular complexity index is 1210. The molecule has 0 atom stereocenters. The van der Waals surface area contributed by atoms with E-state index in [1.165, 1.54) is 14.2 Å². The number of nitrogens with zero attached hydrogens (tertiary/aromatic N) is 1. The van der Waals surface area contributed by atoms with Crippen molar-refractivity contribution in [3.8, 4) is 11.5 Å². The van der Waals surface area contributed by atoms with Gasteiger partial charge < -0.3 is 20.1 Å². The number of amides is 4. The van der Waals surface area contributed by atoms with Crippen LogP contribution in [0.2, 0.25) is 10.0 Å². The number of hydrogen-bond acceptors (Lipinski definition) is 5. The Labute approximate surface area is 211 Å². The number of imide groups is 1. The van der Waals surface area contributed by atoms with Crippen LogP contribution in [0.4, 0.5) is 10.5 Å². The van der Waals surface area contributed by atoms with Crippen molar-refractivity contribution >= 4 is 46.7 Å². The van der Waals surface area contributed by atoms with Gasteiger partial charge in [-0.3, -0.25) is 14.5 Å². The Morgan fingerprint density at radius 2 is 1.37 bits per heavy atom. The number of anilines is 1. The normalized spacial score (nSPS) is 14.5. The first-order chi connectivity index (χ1) is 16.8. The van der Waals surface area contributed by atoms with Gasteiger partial charge in [-0.2, -0.15) is 0 Å². The highest BCUT2D eigenvalue weighted by atomic mass is 35.5. The lowest BCUT2D eigenvalue weighted by Gasteiger charge is -2.28. The lowest BCUT2D eigenvalue weighted by atomic mass is 9.82. The second-order valence-electron chi connectivity index (χ2n) is 7.67. The van der Waals surface area contributed by atoms with Crippen molar-refractivity contribution in [3.05, 3.63) is 87.9 Å².